The molecule has 0 unspecified atom stereocenters. The van der Waals surface area contributed by atoms with Gasteiger partial charge in [0, 0.05) is 51.2 Å². The van der Waals surface area contributed by atoms with Crippen molar-refractivity contribution in [1.82, 2.24) is 24.6 Å². The molecule has 0 radical (unpaired) electrons. The van der Waals surface area contributed by atoms with Crippen molar-refractivity contribution in [2.24, 2.45) is 0 Å². The fraction of sp³-hybridized carbons (Fsp3) is 0.385. The van der Waals surface area contributed by atoms with E-state index in [1.54, 1.807) is 23.1 Å². The van der Waals surface area contributed by atoms with E-state index >= 15 is 0 Å². The second-order valence-corrected chi connectivity index (χ2v) is 7.63. The first-order valence-electron chi connectivity index (χ1n) is 12.3. The van der Waals surface area contributed by atoms with Crippen molar-refractivity contribution in [2.75, 3.05) is 26.2 Å². The summed E-state index contributed by atoms with van der Waals surface area (Å²) in [5, 5.41) is 12.7. The third-order valence-electron chi connectivity index (χ3n) is 5.24. The molecule has 0 spiro atoms. The molecule has 1 aromatic carbocycles. The van der Waals surface area contributed by atoms with Crippen LogP contribution in [0.25, 0.3) is 0 Å². The monoisotopic (exact) mass is 535 g/mol. The van der Waals surface area contributed by atoms with Gasteiger partial charge in [0.15, 0.2) is 5.69 Å². The van der Waals surface area contributed by atoms with Crippen LogP contribution in [0, 0.1) is 0 Å². The van der Waals surface area contributed by atoms with Crippen LogP contribution in [0.4, 0.5) is 18.0 Å². The average molecular weight is 536 g/mol. The summed E-state index contributed by atoms with van der Waals surface area (Å²) in [6.45, 7) is 10.6. The topological polar surface area (TPSA) is 101 Å². The van der Waals surface area contributed by atoms with Crippen molar-refractivity contribution in [1.29, 1.82) is 0 Å². The fourth-order valence-corrected chi connectivity index (χ4v) is 3.51. The third kappa shape index (κ3) is 8.30. The number of piperazine rings is 1. The van der Waals surface area contributed by atoms with Crippen LogP contribution in [0.5, 0.6) is 11.6 Å². The van der Waals surface area contributed by atoms with Gasteiger partial charge in [-0.2, -0.15) is 23.0 Å². The van der Waals surface area contributed by atoms with Crippen molar-refractivity contribution in [3.05, 3.63) is 71.7 Å². The largest absolute Gasteiger partial charge is 0.476 e. The molecule has 0 saturated carbocycles. The van der Waals surface area contributed by atoms with Crippen LogP contribution in [0.15, 0.2) is 54.9 Å². The van der Waals surface area contributed by atoms with E-state index in [1.165, 1.54) is 12.3 Å². The highest BCUT2D eigenvalue weighted by atomic mass is 19.4. The Morgan fingerprint density at radius 2 is 1.68 bits per heavy atom. The van der Waals surface area contributed by atoms with E-state index in [-0.39, 0.29) is 11.6 Å². The van der Waals surface area contributed by atoms with Gasteiger partial charge >= 0.3 is 18.2 Å². The number of nitrogens with zero attached hydrogens (tertiary/aromatic N) is 5. The molecule has 1 fully saturated rings. The highest BCUT2D eigenvalue weighted by molar-refractivity contribution is 5.86. The number of halogens is 3. The van der Waals surface area contributed by atoms with Crippen LogP contribution in [0.2, 0.25) is 0 Å². The Morgan fingerprint density at radius 1 is 1.00 bits per heavy atom. The Bertz CT molecular complexity index is 1190. The number of carbonyl (C=O) groups is 2. The van der Waals surface area contributed by atoms with Gasteiger partial charge in [0.25, 0.3) is 0 Å². The number of carbonyl (C=O) groups excluding carboxylic acids is 1. The molecule has 9 nitrogen and oxygen atoms in total. The lowest BCUT2D eigenvalue weighted by Crippen LogP contribution is -2.49. The number of amides is 1. The lowest BCUT2D eigenvalue weighted by Gasteiger charge is -2.34. The summed E-state index contributed by atoms with van der Waals surface area (Å²) in [6.07, 6.45) is -2.11. The van der Waals surface area contributed by atoms with Crippen LogP contribution in [-0.2, 0) is 12.7 Å². The maximum Gasteiger partial charge on any atom is 0.416 e. The standard InChI is InChI=1S/C22H20F3N5O4.2C2H6/c23-22(24,25)16-4-6-26-19(13-16)34-17-3-1-2-15(12-17)14-28-8-10-29(11-9-28)21(33)30-7-5-18(27-30)20(31)32;2*1-2/h1-7,12-13H,8-11,14H2,(H,31,32);2*1-2H3. The van der Waals surface area contributed by atoms with E-state index in [0.717, 1.165) is 28.6 Å². The molecule has 1 aliphatic heterocycles. The van der Waals surface area contributed by atoms with Gasteiger partial charge in [-0.3, -0.25) is 4.90 Å². The van der Waals surface area contributed by atoms with Gasteiger partial charge in [-0.1, -0.05) is 39.8 Å². The van der Waals surface area contributed by atoms with Crippen molar-refractivity contribution in [3.8, 4) is 11.6 Å². The van der Waals surface area contributed by atoms with Gasteiger partial charge in [0.2, 0.25) is 5.88 Å². The summed E-state index contributed by atoms with van der Waals surface area (Å²) >= 11 is 0. The number of carboxylic acid groups (broad SMARTS) is 1. The molecule has 1 N–H and O–H groups in total. The summed E-state index contributed by atoms with van der Waals surface area (Å²) in [7, 11) is 0. The number of aromatic carboxylic acids is 1. The molecule has 0 atom stereocenters. The quantitative estimate of drug-likeness (QED) is 0.452. The molecule has 38 heavy (non-hydrogen) atoms. The predicted octanol–water partition coefficient (Wildman–Crippen LogP) is 5.63. The molecule has 206 valence electrons. The number of ether oxygens (including phenoxy) is 1. The smallest absolute Gasteiger partial charge is 0.416 e. The van der Waals surface area contributed by atoms with Gasteiger partial charge in [0.05, 0.1) is 5.56 Å². The van der Waals surface area contributed by atoms with Crippen LogP contribution in [0.1, 0.15) is 49.3 Å². The van der Waals surface area contributed by atoms with Gasteiger partial charge in [-0.25, -0.2) is 14.6 Å². The molecule has 12 heteroatoms. The van der Waals surface area contributed by atoms with Crippen LogP contribution in [-0.4, -0.2) is 67.9 Å². The number of hydrogen-bond acceptors (Lipinski definition) is 6. The van der Waals surface area contributed by atoms with Crippen molar-refractivity contribution < 1.29 is 32.6 Å². The maximum absolute atomic E-state index is 12.9. The number of carboxylic acids is 1. The Morgan fingerprint density at radius 3 is 2.29 bits per heavy atom. The average Bonchev–Trinajstić information content (AvgIpc) is 3.42. The van der Waals surface area contributed by atoms with Crippen LogP contribution >= 0.6 is 0 Å². The molecule has 0 aliphatic carbocycles. The molecular weight excluding hydrogens is 503 g/mol. The summed E-state index contributed by atoms with van der Waals surface area (Å²) < 4.78 is 45.2. The van der Waals surface area contributed by atoms with Crippen LogP contribution in [0.3, 0.4) is 0 Å². The van der Waals surface area contributed by atoms with E-state index in [4.69, 9.17) is 9.84 Å². The zero-order valence-electron chi connectivity index (χ0n) is 21.8. The van der Waals surface area contributed by atoms with Gasteiger partial charge in [-0.15, -0.1) is 0 Å². The Hall–Kier alpha value is -3.93. The molecule has 1 amide bonds. The Labute approximate surface area is 219 Å². The molecule has 2 aromatic heterocycles. The molecular formula is C26H32F3N5O4. The number of alkyl halides is 3. The first-order valence-corrected chi connectivity index (χ1v) is 12.3. The maximum atomic E-state index is 12.9. The van der Waals surface area contributed by atoms with E-state index in [0.29, 0.717) is 38.5 Å². The van der Waals surface area contributed by atoms with Crippen molar-refractivity contribution >= 4 is 12.0 Å². The Kier molecular flexibility index (Phi) is 11.3. The first-order chi connectivity index (χ1) is 18.2. The van der Waals surface area contributed by atoms with Crippen LogP contribution < -0.4 is 4.74 Å². The zero-order valence-corrected chi connectivity index (χ0v) is 21.8. The number of hydrogen-bond donors (Lipinski definition) is 1. The summed E-state index contributed by atoms with van der Waals surface area (Å²) in [5.74, 6) is -0.985. The molecule has 4 rings (SSSR count). The highest BCUT2D eigenvalue weighted by Crippen LogP contribution is 2.31. The molecule has 0 bridgehead atoms. The lowest BCUT2D eigenvalue weighted by atomic mass is 10.2. The normalized spacial score (nSPS) is 13.5. The Balaban J connectivity index is 0.00000121. The predicted molar refractivity (Wildman–Crippen MR) is 135 cm³/mol. The zero-order chi connectivity index (χ0) is 28.3. The molecule has 3 heterocycles. The highest BCUT2D eigenvalue weighted by Gasteiger charge is 2.31. The first kappa shape index (κ1) is 30.3. The van der Waals surface area contributed by atoms with Crippen molar-refractivity contribution in [3.63, 3.8) is 0 Å². The van der Waals surface area contributed by atoms with Gasteiger partial charge in [-0.05, 0) is 29.8 Å². The third-order valence-corrected chi connectivity index (χ3v) is 5.24. The van der Waals surface area contributed by atoms with Crippen molar-refractivity contribution in [2.45, 2.75) is 40.4 Å². The second kappa shape index (κ2) is 14.1. The van der Waals surface area contributed by atoms with E-state index in [2.05, 4.69) is 15.0 Å². The minimum atomic E-state index is -4.48. The summed E-state index contributed by atoms with van der Waals surface area (Å²) in [4.78, 5) is 31.0. The second-order valence-electron chi connectivity index (χ2n) is 7.63. The minimum absolute atomic E-state index is 0.149. The van der Waals surface area contributed by atoms with E-state index < -0.39 is 23.7 Å². The molecule has 1 saturated heterocycles. The molecule has 3 aromatic rings. The summed E-state index contributed by atoms with van der Waals surface area (Å²) in [5.41, 5.74) is -0.146. The van der Waals surface area contributed by atoms with E-state index in [1.807, 2.05) is 33.8 Å². The number of rotatable bonds is 5. The minimum Gasteiger partial charge on any atom is -0.476 e. The lowest BCUT2D eigenvalue weighted by molar-refractivity contribution is -0.137. The fourth-order valence-electron chi connectivity index (χ4n) is 3.51. The SMILES string of the molecule is CC.CC.O=C(O)c1ccn(C(=O)N2CCN(Cc3cccc(Oc4cc(C(F)(F)F)ccn4)c3)CC2)n1. The van der Waals surface area contributed by atoms with Gasteiger partial charge < -0.3 is 14.7 Å². The van der Waals surface area contributed by atoms with Gasteiger partial charge in [0.1, 0.15) is 5.75 Å². The summed E-state index contributed by atoms with van der Waals surface area (Å²) in [6, 6.07) is 9.59. The molecule has 1 aliphatic rings. The van der Waals surface area contributed by atoms with E-state index in [9.17, 15) is 22.8 Å². The number of aromatic nitrogens is 3. The number of benzene rings is 1. The number of pyridine rings is 1.